The summed E-state index contributed by atoms with van der Waals surface area (Å²) in [6, 6.07) is 8.51. The number of rotatable bonds is 7. The number of halogens is 2. The van der Waals surface area contributed by atoms with Gasteiger partial charge in [0.1, 0.15) is 4.90 Å². The molecule has 2 rings (SSSR count). The van der Waals surface area contributed by atoms with Gasteiger partial charge in [-0.05, 0) is 42.8 Å². The fourth-order valence-corrected chi connectivity index (χ4v) is 6.06. The van der Waals surface area contributed by atoms with Crippen molar-refractivity contribution in [2.45, 2.75) is 30.6 Å². The van der Waals surface area contributed by atoms with Crippen LogP contribution in [0, 0.1) is 6.92 Å². The van der Waals surface area contributed by atoms with Crippen molar-refractivity contribution in [3.05, 3.63) is 52.0 Å². The largest absolute Gasteiger partial charge is 0.280 e. The number of sulfonamides is 2. The first-order chi connectivity index (χ1) is 12.5. The zero-order chi connectivity index (χ0) is 20.4. The van der Waals surface area contributed by atoms with Crippen molar-refractivity contribution in [2.24, 2.45) is 0 Å². The predicted molar refractivity (Wildman–Crippen MR) is 109 cm³/mol. The number of anilines is 1. The average Bonchev–Trinajstić information content (AvgIpc) is 2.59. The highest BCUT2D eigenvalue weighted by Crippen LogP contribution is 2.30. The molecule has 1 N–H and O–H groups in total. The third-order valence-corrected chi connectivity index (χ3v) is 8.48. The Labute approximate surface area is 170 Å². The number of nitrogens with one attached hydrogen (secondary N) is 1. The monoisotopic (exact) mass is 450 g/mol. The number of nitrogens with zero attached hydrogens (tertiary/aromatic N) is 1. The van der Waals surface area contributed by atoms with E-state index in [0.717, 1.165) is 0 Å². The normalized spacial score (nSPS) is 12.4. The third-order valence-electron chi connectivity index (χ3n) is 4.01. The van der Waals surface area contributed by atoms with Gasteiger partial charge in [-0.15, -0.1) is 0 Å². The number of benzene rings is 2. The van der Waals surface area contributed by atoms with Gasteiger partial charge in [0.2, 0.25) is 10.0 Å². The topological polar surface area (TPSA) is 83.6 Å². The van der Waals surface area contributed by atoms with E-state index in [4.69, 9.17) is 23.2 Å². The molecule has 2 aromatic rings. The van der Waals surface area contributed by atoms with Gasteiger partial charge in [0.25, 0.3) is 10.0 Å². The Kier molecular flexibility index (Phi) is 6.81. The van der Waals surface area contributed by atoms with Crippen molar-refractivity contribution >= 4 is 48.9 Å². The van der Waals surface area contributed by atoms with Gasteiger partial charge in [0, 0.05) is 18.1 Å². The van der Waals surface area contributed by atoms with Gasteiger partial charge in [-0.2, -0.15) is 4.31 Å². The van der Waals surface area contributed by atoms with Crippen molar-refractivity contribution in [1.82, 2.24) is 4.31 Å². The van der Waals surface area contributed by atoms with Crippen LogP contribution in [0.4, 0.5) is 5.69 Å². The first kappa shape index (κ1) is 22.0. The fourth-order valence-electron chi connectivity index (χ4n) is 2.56. The van der Waals surface area contributed by atoms with E-state index in [0.29, 0.717) is 10.6 Å². The first-order valence-electron chi connectivity index (χ1n) is 8.12. The summed E-state index contributed by atoms with van der Waals surface area (Å²) in [5.74, 6) is 0. The van der Waals surface area contributed by atoms with E-state index in [1.165, 1.54) is 34.6 Å². The van der Waals surface area contributed by atoms with Crippen LogP contribution in [0.1, 0.15) is 19.4 Å². The van der Waals surface area contributed by atoms with E-state index in [-0.39, 0.29) is 33.6 Å². The predicted octanol–water partition coefficient (Wildman–Crippen LogP) is 4.13. The lowest BCUT2D eigenvalue weighted by Crippen LogP contribution is -2.30. The summed E-state index contributed by atoms with van der Waals surface area (Å²) in [6.45, 7) is 5.56. The van der Waals surface area contributed by atoms with Crippen molar-refractivity contribution in [2.75, 3.05) is 17.8 Å². The maximum atomic E-state index is 12.7. The van der Waals surface area contributed by atoms with Crippen LogP contribution in [-0.4, -0.2) is 34.2 Å². The van der Waals surface area contributed by atoms with Gasteiger partial charge in [0.15, 0.2) is 0 Å². The molecule has 27 heavy (non-hydrogen) atoms. The molecule has 6 nitrogen and oxygen atoms in total. The van der Waals surface area contributed by atoms with Crippen LogP contribution >= 0.6 is 23.2 Å². The van der Waals surface area contributed by atoms with Gasteiger partial charge >= 0.3 is 0 Å². The van der Waals surface area contributed by atoms with Crippen LogP contribution < -0.4 is 4.72 Å². The van der Waals surface area contributed by atoms with Crippen molar-refractivity contribution in [1.29, 1.82) is 0 Å². The molecule has 0 atom stereocenters. The van der Waals surface area contributed by atoms with E-state index in [1.54, 1.807) is 26.8 Å². The second kappa shape index (κ2) is 8.36. The van der Waals surface area contributed by atoms with Crippen molar-refractivity contribution < 1.29 is 16.8 Å². The lowest BCUT2D eigenvalue weighted by Gasteiger charge is -2.20. The summed E-state index contributed by atoms with van der Waals surface area (Å²) in [7, 11) is -7.80. The maximum Gasteiger partial charge on any atom is 0.262 e. The SMILES string of the molecule is CCN(CC)S(=O)(=O)c1cc(NS(=O)(=O)c2cccc(Cl)c2C)ccc1Cl. The molecular formula is C17H20Cl2N2O4S2. The van der Waals surface area contributed by atoms with Gasteiger partial charge < -0.3 is 0 Å². The number of hydrogen-bond acceptors (Lipinski definition) is 4. The van der Waals surface area contributed by atoms with E-state index < -0.39 is 20.0 Å². The van der Waals surface area contributed by atoms with Gasteiger partial charge in [-0.3, -0.25) is 4.72 Å². The fraction of sp³-hybridized carbons (Fsp3) is 0.294. The molecule has 0 amide bonds. The maximum absolute atomic E-state index is 12.7. The van der Waals surface area contributed by atoms with Gasteiger partial charge in [-0.25, -0.2) is 16.8 Å². The molecule has 0 fully saturated rings. The van der Waals surface area contributed by atoms with E-state index in [1.807, 2.05) is 0 Å². The molecule has 0 aromatic heterocycles. The molecule has 0 aliphatic rings. The lowest BCUT2D eigenvalue weighted by atomic mass is 10.2. The summed E-state index contributed by atoms with van der Waals surface area (Å²) in [5, 5.41) is 0.336. The Hall–Kier alpha value is -1.32. The molecule has 0 unspecified atom stereocenters. The van der Waals surface area contributed by atoms with E-state index in [9.17, 15) is 16.8 Å². The molecule has 0 aliphatic carbocycles. The Balaban J connectivity index is 2.49. The summed E-state index contributed by atoms with van der Waals surface area (Å²) in [4.78, 5) is -0.144. The minimum Gasteiger partial charge on any atom is -0.280 e. The smallest absolute Gasteiger partial charge is 0.262 e. The highest BCUT2D eigenvalue weighted by atomic mass is 35.5. The van der Waals surface area contributed by atoms with Crippen LogP contribution in [0.15, 0.2) is 46.2 Å². The molecule has 0 spiro atoms. The van der Waals surface area contributed by atoms with Crippen LogP contribution in [-0.2, 0) is 20.0 Å². The van der Waals surface area contributed by atoms with Gasteiger partial charge in [-0.1, -0.05) is 43.1 Å². The molecule has 10 heteroatoms. The molecule has 148 valence electrons. The Morgan fingerprint density at radius 2 is 1.56 bits per heavy atom. The Morgan fingerprint density at radius 3 is 2.15 bits per heavy atom. The molecule has 0 aliphatic heterocycles. The Bertz CT molecular complexity index is 1050. The zero-order valence-electron chi connectivity index (χ0n) is 15.0. The summed E-state index contributed by atoms with van der Waals surface area (Å²) >= 11 is 12.1. The second-order valence-corrected chi connectivity index (χ2v) is 10.1. The van der Waals surface area contributed by atoms with Crippen molar-refractivity contribution in [3.8, 4) is 0 Å². The minimum absolute atomic E-state index is 0.0121. The molecule has 0 bridgehead atoms. The molecule has 0 saturated heterocycles. The minimum atomic E-state index is -3.96. The van der Waals surface area contributed by atoms with Crippen LogP contribution in [0.5, 0.6) is 0 Å². The summed E-state index contributed by atoms with van der Waals surface area (Å²) < 4.78 is 54.5. The van der Waals surface area contributed by atoms with E-state index >= 15 is 0 Å². The van der Waals surface area contributed by atoms with Crippen LogP contribution in [0.3, 0.4) is 0 Å². The van der Waals surface area contributed by atoms with Crippen LogP contribution in [0.25, 0.3) is 0 Å². The molecule has 0 saturated carbocycles. The molecule has 0 radical (unpaired) electrons. The standard InChI is InChI=1S/C17H20Cl2N2O4S2/c1-4-21(5-2)27(24,25)17-11-13(9-10-15(17)19)20-26(22,23)16-8-6-7-14(18)12(16)3/h6-11,20H,4-5H2,1-3H3. The molecule has 2 aromatic carbocycles. The molecule has 0 heterocycles. The summed E-state index contributed by atoms with van der Waals surface area (Å²) in [6.07, 6.45) is 0. The third kappa shape index (κ3) is 4.57. The Morgan fingerprint density at radius 1 is 0.926 bits per heavy atom. The summed E-state index contributed by atoms with van der Waals surface area (Å²) in [5.41, 5.74) is 0.487. The highest BCUT2D eigenvalue weighted by molar-refractivity contribution is 7.92. The second-order valence-electron chi connectivity index (χ2n) is 5.70. The van der Waals surface area contributed by atoms with Gasteiger partial charge in [0.05, 0.1) is 15.6 Å². The number of hydrogen-bond donors (Lipinski definition) is 1. The molecular weight excluding hydrogens is 431 g/mol. The first-order valence-corrected chi connectivity index (χ1v) is 11.8. The highest BCUT2D eigenvalue weighted by Gasteiger charge is 2.26. The zero-order valence-corrected chi connectivity index (χ0v) is 18.2. The quantitative estimate of drug-likeness (QED) is 0.686. The van der Waals surface area contributed by atoms with Crippen molar-refractivity contribution in [3.63, 3.8) is 0 Å². The van der Waals surface area contributed by atoms with Crippen LogP contribution in [0.2, 0.25) is 10.0 Å². The lowest BCUT2D eigenvalue weighted by molar-refractivity contribution is 0.445. The average molecular weight is 451 g/mol. The van der Waals surface area contributed by atoms with E-state index in [2.05, 4.69) is 4.72 Å².